The summed E-state index contributed by atoms with van der Waals surface area (Å²) in [6.45, 7) is 8.13. The molecule has 0 radical (unpaired) electrons. The van der Waals surface area contributed by atoms with Gasteiger partial charge in [-0.15, -0.1) is 0 Å². The van der Waals surface area contributed by atoms with E-state index in [1.807, 2.05) is 18.8 Å². The summed E-state index contributed by atoms with van der Waals surface area (Å²) >= 11 is 6.33. The van der Waals surface area contributed by atoms with Crippen LogP contribution in [0.5, 0.6) is 0 Å². The van der Waals surface area contributed by atoms with Gasteiger partial charge >= 0.3 is 0 Å². The zero-order valence-electron chi connectivity index (χ0n) is 13.1. The molecule has 2 atom stereocenters. The molecule has 2 rings (SSSR count). The Balaban J connectivity index is 2.34. The molecule has 1 aromatic heterocycles. The summed E-state index contributed by atoms with van der Waals surface area (Å²) in [5, 5.41) is 16.2. The van der Waals surface area contributed by atoms with Gasteiger partial charge in [0.25, 0.3) is 0 Å². The lowest BCUT2D eigenvalue weighted by molar-refractivity contribution is -0.00941. The van der Waals surface area contributed by atoms with Crippen LogP contribution in [-0.4, -0.2) is 40.4 Å². The van der Waals surface area contributed by atoms with Gasteiger partial charge < -0.3 is 10.0 Å². The minimum Gasteiger partial charge on any atom is -0.383 e. The number of hydrogen-bond acceptors (Lipinski definition) is 3. The Bertz CT molecular complexity index is 483. The predicted molar refractivity (Wildman–Crippen MR) is 81.9 cm³/mol. The summed E-state index contributed by atoms with van der Waals surface area (Å²) in [6, 6.07) is 0. The zero-order chi connectivity index (χ0) is 15.1. The van der Waals surface area contributed by atoms with E-state index in [1.165, 1.54) is 0 Å². The maximum Gasteiger partial charge on any atom is 0.111 e. The minimum atomic E-state index is -0.872. The lowest BCUT2D eigenvalue weighted by atomic mass is 9.87. The predicted octanol–water partition coefficient (Wildman–Crippen LogP) is 2.74. The fraction of sp³-hybridized carbons (Fsp3) is 0.800. The third-order valence-electron chi connectivity index (χ3n) is 4.39. The fourth-order valence-electron chi connectivity index (χ4n) is 3.55. The Morgan fingerprint density at radius 2 is 2.15 bits per heavy atom. The van der Waals surface area contributed by atoms with Crippen molar-refractivity contribution in [1.29, 1.82) is 0 Å². The van der Waals surface area contributed by atoms with E-state index in [4.69, 9.17) is 11.6 Å². The summed E-state index contributed by atoms with van der Waals surface area (Å²) in [5.41, 5.74) is 0.0523. The monoisotopic (exact) mass is 299 g/mol. The van der Waals surface area contributed by atoms with Crippen LogP contribution in [-0.2, 0) is 12.1 Å². The first-order valence-corrected chi connectivity index (χ1v) is 7.62. The molecule has 0 amide bonds. The largest absolute Gasteiger partial charge is 0.383 e. The van der Waals surface area contributed by atoms with Crippen LogP contribution in [0.4, 0.5) is 0 Å². The topological polar surface area (TPSA) is 41.3 Å². The molecule has 114 valence electrons. The number of aliphatic hydroxyl groups is 1. The molecule has 1 heterocycles. The van der Waals surface area contributed by atoms with Crippen LogP contribution in [0, 0.1) is 11.3 Å². The van der Waals surface area contributed by atoms with E-state index in [2.05, 4.69) is 30.8 Å². The highest BCUT2D eigenvalue weighted by Crippen LogP contribution is 2.53. The van der Waals surface area contributed by atoms with Crippen molar-refractivity contribution in [1.82, 2.24) is 14.7 Å². The number of aromatic nitrogens is 2. The number of halogens is 1. The maximum absolute atomic E-state index is 11.2. The van der Waals surface area contributed by atoms with E-state index in [1.54, 1.807) is 6.20 Å². The third-order valence-corrected chi connectivity index (χ3v) is 4.66. The lowest BCUT2D eigenvalue weighted by Gasteiger charge is -2.30. The first-order chi connectivity index (χ1) is 9.16. The van der Waals surface area contributed by atoms with E-state index in [0.717, 1.165) is 31.6 Å². The van der Waals surface area contributed by atoms with Crippen LogP contribution in [0.2, 0.25) is 5.02 Å². The fourth-order valence-corrected chi connectivity index (χ4v) is 3.85. The summed E-state index contributed by atoms with van der Waals surface area (Å²) in [6.07, 6.45) is 3.38. The average molecular weight is 300 g/mol. The Kier molecular flexibility index (Phi) is 4.20. The molecular weight excluding hydrogens is 274 g/mol. The van der Waals surface area contributed by atoms with Crippen molar-refractivity contribution in [2.75, 3.05) is 20.6 Å². The summed E-state index contributed by atoms with van der Waals surface area (Å²) in [4.78, 5) is 2.10. The Hall–Kier alpha value is -0.580. The Morgan fingerprint density at radius 3 is 2.65 bits per heavy atom. The quantitative estimate of drug-likeness (QED) is 0.929. The minimum absolute atomic E-state index is 0.133. The van der Waals surface area contributed by atoms with Gasteiger partial charge in [0, 0.05) is 6.54 Å². The van der Waals surface area contributed by atoms with Crippen LogP contribution in [0.15, 0.2) is 6.20 Å². The molecule has 0 aliphatic heterocycles. The van der Waals surface area contributed by atoms with Crippen LogP contribution in [0.25, 0.3) is 0 Å². The summed E-state index contributed by atoms with van der Waals surface area (Å²) < 4.78 is 1.88. The number of likely N-dealkylation sites (N-methyl/N-ethyl adjacent to an activating group) is 1. The van der Waals surface area contributed by atoms with Crippen molar-refractivity contribution in [3.8, 4) is 0 Å². The molecule has 1 aliphatic rings. The van der Waals surface area contributed by atoms with E-state index in [9.17, 15) is 5.11 Å². The second-order valence-electron chi connectivity index (χ2n) is 7.24. The molecule has 1 aromatic rings. The van der Waals surface area contributed by atoms with Gasteiger partial charge in [0.1, 0.15) is 5.60 Å². The number of hydrogen-bond donors (Lipinski definition) is 1. The molecule has 2 unspecified atom stereocenters. The highest BCUT2D eigenvalue weighted by molar-refractivity contribution is 6.31. The van der Waals surface area contributed by atoms with Crippen molar-refractivity contribution in [2.45, 2.75) is 45.8 Å². The van der Waals surface area contributed by atoms with Gasteiger partial charge in [-0.05, 0) is 38.3 Å². The second-order valence-corrected chi connectivity index (χ2v) is 7.65. The van der Waals surface area contributed by atoms with Gasteiger partial charge in [-0.3, -0.25) is 4.68 Å². The normalized spacial score (nSPS) is 29.3. The van der Waals surface area contributed by atoms with Crippen molar-refractivity contribution in [3.05, 3.63) is 16.9 Å². The van der Waals surface area contributed by atoms with Gasteiger partial charge in [0.2, 0.25) is 0 Å². The number of nitrogens with zero attached hydrogens (tertiary/aromatic N) is 3. The van der Waals surface area contributed by atoms with Crippen LogP contribution in [0.1, 0.15) is 39.3 Å². The van der Waals surface area contributed by atoms with Gasteiger partial charge in [-0.1, -0.05) is 32.4 Å². The lowest BCUT2D eigenvalue weighted by Crippen LogP contribution is -2.34. The SMILES string of the molecule is CC1CC(C)(C)CC1(O)c1c(Cl)cnn1CCN(C)C. The van der Waals surface area contributed by atoms with E-state index in [-0.39, 0.29) is 11.3 Å². The smallest absolute Gasteiger partial charge is 0.111 e. The molecule has 1 fully saturated rings. The van der Waals surface area contributed by atoms with Gasteiger partial charge in [0.05, 0.1) is 23.5 Å². The summed E-state index contributed by atoms with van der Waals surface area (Å²) in [7, 11) is 4.06. The van der Waals surface area contributed by atoms with Crippen LogP contribution >= 0.6 is 11.6 Å². The van der Waals surface area contributed by atoms with E-state index >= 15 is 0 Å². The molecule has 4 nitrogen and oxygen atoms in total. The molecule has 20 heavy (non-hydrogen) atoms. The molecule has 1 aliphatic carbocycles. The Labute approximate surface area is 126 Å². The second kappa shape index (κ2) is 5.32. The molecular formula is C15H26ClN3O. The highest BCUT2D eigenvalue weighted by atomic mass is 35.5. The average Bonchev–Trinajstić information content (AvgIpc) is 2.75. The first kappa shape index (κ1) is 15.8. The van der Waals surface area contributed by atoms with Crippen LogP contribution < -0.4 is 0 Å². The molecule has 0 spiro atoms. The molecule has 1 saturated carbocycles. The van der Waals surface area contributed by atoms with E-state index in [0.29, 0.717) is 5.02 Å². The third kappa shape index (κ3) is 2.87. The number of rotatable bonds is 4. The standard InChI is InChI=1S/C15H26ClN3O/c1-11-8-14(2,3)10-15(11,20)13-12(16)9-17-19(13)7-6-18(4)5/h9,11,20H,6-8,10H2,1-5H3. The molecule has 0 aromatic carbocycles. The van der Waals surface area contributed by atoms with Crippen molar-refractivity contribution >= 4 is 11.6 Å². The first-order valence-electron chi connectivity index (χ1n) is 7.24. The van der Waals surface area contributed by atoms with Crippen LogP contribution in [0.3, 0.4) is 0 Å². The van der Waals surface area contributed by atoms with Crippen molar-refractivity contribution in [3.63, 3.8) is 0 Å². The molecule has 0 saturated heterocycles. The van der Waals surface area contributed by atoms with Gasteiger partial charge in [-0.25, -0.2) is 0 Å². The van der Waals surface area contributed by atoms with E-state index < -0.39 is 5.60 Å². The Morgan fingerprint density at radius 1 is 1.50 bits per heavy atom. The molecule has 0 bridgehead atoms. The van der Waals surface area contributed by atoms with Crippen molar-refractivity contribution < 1.29 is 5.11 Å². The molecule has 1 N–H and O–H groups in total. The molecule has 5 heteroatoms. The van der Waals surface area contributed by atoms with Gasteiger partial charge in [0.15, 0.2) is 0 Å². The van der Waals surface area contributed by atoms with Crippen molar-refractivity contribution in [2.24, 2.45) is 11.3 Å². The maximum atomic E-state index is 11.2. The zero-order valence-corrected chi connectivity index (χ0v) is 13.9. The van der Waals surface area contributed by atoms with Gasteiger partial charge in [-0.2, -0.15) is 5.10 Å². The highest BCUT2D eigenvalue weighted by Gasteiger charge is 2.51. The summed E-state index contributed by atoms with van der Waals surface area (Å²) in [5.74, 6) is 0.185.